The molecule has 0 aromatic heterocycles. The number of carbonyl (C=O) groups excluding carboxylic acids is 1. The largest absolute Gasteiger partial charge is 0.298 e. The van der Waals surface area contributed by atoms with E-state index in [0.29, 0.717) is 17.8 Å². The minimum Gasteiger partial charge on any atom is -0.298 e. The first kappa shape index (κ1) is 12.5. The molecule has 0 amide bonds. The third kappa shape index (κ3) is 1.84. The minimum atomic E-state index is -3.62. The molecule has 1 saturated carbocycles. The van der Waals surface area contributed by atoms with Crippen LogP contribution in [-0.2, 0) is 14.6 Å². The fourth-order valence-corrected chi connectivity index (χ4v) is 4.77. The van der Waals surface area contributed by atoms with Crippen molar-refractivity contribution in [3.8, 4) is 0 Å². The van der Waals surface area contributed by atoms with E-state index in [9.17, 15) is 13.2 Å². The summed E-state index contributed by atoms with van der Waals surface area (Å²) in [4.78, 5) is 16.8. The molecule has 5 heteroatoms. The van der Waals surface area contributed by atoms with E-state index in [4.69, 9.17) is 0 Å². The first-order chi connectivity index (χ1) is 8.81. The predicted octanol–water partition coefficient (Wildman–Crippen LogP) is 2.30. The average molecular weight is 277 g/mol. The molecule has 0 spiro atoms. The van der Waals surface area contributed by atoms with Crippen molar-refractivity contribution in [2.24, 2.45) is 10.4 Å². The van der Waals surface area contributed by atoms with Gasteiger partial charge in [0.15, 0.2) is 20.9 Å². The molecule has 1 aliphatic carbocycles. The summed E-state index contributed by atoms with van der Waals surface area (Å²) in [5, 5.41) is -1.06. The molecule has 1 aromatic rings. The van der Waals surface area contributed by atoms with E-state index in [1.807, 2.05) is 13.8 Å². The average Bonchev–Trinajstić information content (AvgIpc) is 2.25. The van der Waals surface area contributed by atoms with E-state index in [1.165, 1.54) is 6.07 Å². The minimum absolute atomic E-state index is 0.178. The van der Waals surface area contributed by atoms with Crippen LogP contribution in [-0.4, -0.2) is 25.2 Å². The van der Waals surface area contributed by atoms with E-state index in [0.717, 1.165) is 0 Å². The van der Waals surface area contributed by atoms with Crippen LogP contribution >= 0.6 is 0 Å². The molecule has 1 unspecified atom stereocenters. The summed E-state index contributed by atoms with van der Waals surface area (Å²) in [6.45, 7) is 3.94. The molecule has 3 rings (SSSR count). The molecule has 0 bridgehead atoms. The Bertz CT molecular complexity index is 701. The number of hydrogen-bond acceptors (Lipinski definition) is 4. The number of aliphatic imine (C=N–C) groups is 1. The molecule has 0 N–H and O–H groups in total. The maximum Gasteiger partial charge on any atom is 0.195 e. The first-order valence-corrected chi connectivity index (χ1v) is 7.79. The Labute approximate surface area is 112 Å². The van der Waals surface area contributed by atoms with E-state index in [1.54, 1.807) is 18.2 Å². The summed E-state index contributed by atoms with van der Waals surface area (Å²) < 4.78 is 25.1. The summed E-state index contributed by atoms with van der Waals surface area (Å²) in [6, 6.07) is 6.63. The Kier molecular flexibility index (Phi) is 2.48. The number of fused-ring (bicyclic) bond motifs is 2. The number of benzene rings is 1. The van der Waals surface area contributed by atoms with Crippen LogP contribution in [0.1, 0.15) is 26.7 Å². The first-order valence-electron chi connectivity index (χ1n) is 6.24. The van der Waals surface area contributed by atoms with Gasteiger partial charge >= 0.3 is 0 Å². The molecule has 2 aliphatic rings. The molecule has 1 heterocycles. The van der Waals surface area contributed by atoms with Gasteiger partial charge in [0.2, 0.25) is 0 Å². The highest BCUT2D eigenvalue weighted by Gasteiger charge is 2.48. The second-order valence-electron chi connectivity index (χ2n) is 5.98. The van der Waals surface area contributed by atoms with Crippen LogP contribution < -0.4 is 0 Å². The fourth-order valence-electron chi connectivity index (χ4n) is 2.92. The van der Waals surface area contributed by atoms with Crippen LogP contribution in [0.3, 0.4) is 0 Å². The van der Waals surface area contributed by atoms with Gasteiger partial charge in [0.1, 0.15) is 0 Å². The second kappa shape index (κ2) is 3.76. The number of para-hydroxylation sites is 1. The quantitative estimate of drug-likeness (QED) is 0.731. The van der Waals surface area contributed by atoms with Gasteiger partial charge in [0.05, 0.1) is 10.6 Å². The molecule has 0 radical (unpaired) electrons. The maximum absolute atomic E-state index is 12.6. The number of carbonyl (C=O) groups is 1. The lowest BCUT2D eigenvalue weighted by Gasteiger charge is -2.36. The van der Waals surface area contributed by atoms with Gasteiger partial charge in [0.25, 0.3) is 0 Å². The molecular formula is C14H15NO3S. The summed E-state index contributed by atoms with van der Waals surface area (Å²) >= 11 is 0. The van der Waals surface area contributed by atoms with Crippen LogP contribution in [0.25, 0.3) is 0 Å². The van der Waals surface area contributed by atoms with Gasteiger partial charge in [-0.25, -0.2) is 8.42 Å². The number of sulfone groups is 1. The molecule has 1 atom stereocenters. The van der Waals surface area contributed by atoms with Crippen LogP contribution in [0.5, 0.6) is 0 Å². The van der Waals surface area contributed by atoms with E-state index in [2.05, 4.69) is 4.99 Å². The van der Waals surface area contributed by atoms with Crippen molar-refractivity contribution in [2.75, 3.05) is 0 Å². The Morgan fingerprint density at radius 1 is 1.21 bits per heavy atom. The van der Waals surface area contributed by atoms with Gasteiger partial charge in [-0.15, -0.1) is 0 Å². The van der Waals surface area contributed by atoms with Crippen molar-refractivity contribution >= 4 is 27.0 Å². The summed E-state index contributed by atoms with van der Waals surface area (Å²) in [5.41, 5.74) is 0.744. The molecule has 100 valence electrons. The lowest BCUT2D eigenvalue weighted by molar-refractivity contribution is -0.120. The van der Waals surface area contributed by atoms with E-state index < -0.39 is 15.1 Å². The lowest BCUT2D eigenvalue weighted by atomic mass is 9.75. The third-order valence-electron chi connectivity index (χ3n) is 3.65. The smallest absolute Gasteiger partial charge is 0.195 e. The molecule has 19 heavy (non-hydrogen) atoms. The number of Topliss-reactive ketones (excluding diaryl/α,β-unsaturated/α-hetero) is 1. The topological polar surface area (TPSA) is 63.6 Å². The zero-order valence-corrected chi connectivity index (χ0v) is 11.7. The number of nitrogens with zero attached hydrogens (tertiary/aromatic N) is 1. The Hall–Kier alpha value is -1.49. The van der Waals surface area contributed by atoms with Gasteiger partial charge in [-0.05, 0) is 24.0 Å². The van der Waals surface area contributed by atoms with Crippen LogP contribution in [0.2, 0.25) is 0 Å². The molecule has 1 aromatic carbocycles. The lowest BCUT2D eigenvalue weighted by Crippen LogP contribution is -2.47. The van der Waals surface area contributed by atoms with Crippen molar-refractivity contribution in [3.05, 3.63) is 24.3 Å². The van der Waals surface area contributed by atoms with Gasteiger partial charge in [-0.1, -0.05) is 26.0 Å². The van der Waals surface area contributed by atoms with Crippen LogP contribution in [0.15, 0.2) is 34.2 Å². The molecule has 1 fully saturated rings. The fraction of sp³-hybridized carbons (Fsp3) is 0.429. The summed E-state index contributed by atoms with van der Waals surface area (Å²) in [6.07, 6.45) is 0.842. The van der Waals surface area contributed by atoms with Crippen molar-refractivity contribution in [1.29, 1.82) is 0 Å². The second-order valence-corrected chi connectivity index (χ2v) is 7.98. The molecule has 0 saturated heterocycles. The summed E-state index contributed by atoms with van der Waals surface area (Å²) in [7, 11) is -3.62. The zero-order valence-electron chi connectivity index (χ0n) is 10.9. The Balaban J connectivity index is 2.25. The number of hydrogen-bond donors (Lipinski definition) is 0. The summed E-state index contributed by atoms with van der Waals surface area (Å²) in [5.74, 6) is -0.232. The van der Waals surface area contributed by atoms with Gasteiger partial charge in [0, 0.05) is 12.1 Å². The zero-order chi connectivity index (χ0) is 13.8. The highest BCUT2D eigenvalue weighted by atomic mass is 32.2. The molecule has 1 aliphatic heterocycles. The normalized spacial score (nSPS) is 27.2. The standard InChI is InChI=1S/C14H15NO3S/c1-14(2)7-10-13(11(16)8-14)19(17,18)12-6-4-3-5-9(12)15-10/h3-6,13H,7-8H2,1-2H3. The third-order valence-corrected chi connectivity index (χ3v) is 5.77. The molecular weight excluding hydrogens is 262 g/mol. The SMILES string of the molecule is CC1(C)CC(=O)C2C(=Nc3ccccc3S2(=O)=O)C1. The van der Waals surface area contributed by atoms with Crippen molar-refractivity contribution < 1.29 is 13.2 Å². The monoisotopic (exact) mass is 277 g/mol. The van der Waals surface area contributed by atoms with Crippen molar-refractivity contribution in [1.82, 2.24) is 0 Å². The Morgan fingerprint density at radius 2 is 1.89 bits per heavy atom. The number of rotatable bonds is 0. The van der Waals surface area contributed by atoms with Gasteiger partial charge < -0.3 is 0 Å². The molecule has 4 nitrogen and oxygen atoms in total. The van der Waals surface area contributed by atoms with Crippen molar-refractivity contribution in [3.63, 3.8) is 0 Å². The van der Waals surface area contributed by atoms with Crippen molar-refractivity contribution in [2.45, 2.75) is 36.8 Å². The van der Waals surface area contributed by atoms with Gasteiger partial charge in [-0.3, -0.25) is 9.79 Å². The van der Waals surface area contributed by atoms with E-state index >= 15 is 0 Å². The highest BCUT2D eigenvalue weighted by Crippen LogP contribution is 2.41. The van der Waals surface area contributed by atoms with Crippen LogP contribution in [0, 0.1) is 5.41 Å². The number of ketones is 1. The van der Waals surface area contributed by atoms with Crippen LogP contribution in [0.4, 0.5) is 5.69 Å². The highest BCUT2D eigenvalue weighted by molar-refractivity contribution is 7.94. The van der Waals surface area contributed by atoms with Gasteiger partial charge in [-0.2, -0.15) is 0 Å². The Morgan fingerprint density at radius 3 is 2.63 bits per heavy atom. The predicted molar refractivity (Wildman–Crippen MR) is 72.5 cm³/mol. The maximum atomic E-state index is 12.6. The van der Waals surface area contributed by atoms with E-state index in [-0.39, 0.29) is 22.5 Å².